The largest absolute Gasteiger partial charge is 0.493 e. The molecule has 2 nitrogen and oxygen atoms in total. The third-order valence-corrected chi connectivity index (χ3v) is 4.81. The van der Waals surface area contributed by atoms with Gasteiger partial charge in [-0.15, -0.1) is 11.6 Å². The third kappa shape index (κ3) is 3.36. The zero-order valence-corrected chi connectivity index (χ0v) is 12.7. The molecular weight excluding hydrogens is 260 g/mol. The number of hydrogen-bond acceptors (Lipinski definition) is 2. The second kappa shape index (κ2) is 6.51. The van der Waals surface area contributed by atoms with E-state index in [-0.39, 0.29) is 5.38 Å². The van der Waals surface area contributed by atoms with Crippen molar-refractivity contribution in [3.8, 4) is 11.5 Å². The predicted octanol–water partition coefficient (Wildman–Crippen LogP) is 4.81. The average molecular weight is 283 g/mol. The quantitative estimate of drug-likeness (QED) is 0.738. The van der Waals surface area contributed by atoms with Crippen molar-refractivity contribution < 1.29 is 9.47 Å². The lowest BCUT2D eigenvalue weighted by Crippen LogP contribution is -2.16. The molecule has 1 atom stereocenters. The van der Waals surface area contributed by atoms with Crippen LogP contribution in [0.4, 0.5) is 0 Å². The maximum Gasteiger partial charge on any atom is 0.161 e. The van der Waals surface area contributed by atoms with E-state index in [1.54, 1.807) is 14.2 Å². The summed E-state index contributed by atoms with van der Waals surface area (Å²) in [6.07, 6.45) is 5.04. The van der Waals surface area contributed by atoms with Gasteiger partial charge in [0.2, 0.25) is 0 Å². The van der Waals surface area contributed by atoms with Crippen molar-refractivity contribution in [1.82, 2.24) is 0 Å². The maximum atomic E-state index is 6.66. The second-order valence-corrected chi connectivity index (χ2v) is 6.01. The molecule has 0 aliphatic heterocycles. The Hall–Kier alpha value is -0.890. The smallest absolute Gasteiger partial charge is 0.161 e. The molecule has 106 valence electrons. The van der Waals surface area contributed by atoms with E-state index in [2.05, 4.69) is 13.0 Å². The van der Waals surface area contributed by atoms with Crippen LogP contribution in [0.25, 0.3) is 0 Å². The van der Waals surface area contributed by atoms with Crippen LogP contribution in [0, 0.1) is 11.8 Å². The molecule has 0 bridgehead atoms. The first-order valence-electron chi connectivity index (χ1n) is 7.01. The van der Waals surface area contributed by atoms with Gasteiger partial charge >= 0.3 is 0 Å². The number of rotatable bonds is 4. The molecule has 1 unspecified atom stereocenters. The van der Waals surface area contributed by atoms with Gasteiger partial charge in [-0.3, -0.25) is 0 Å². The Labute approximate surface area is 121 Å². The molecule has 1 aliphatic carbocycles. The van der Waals surface area contributed by atoms with E-state index in [9.17, 15) is 0 Å². The van der Waals surface area contributed by atoms with E-state index in [1.807, 2.05) is 12.1 Å². The SMILES string of the molecule is COc1ccc(C(Cl)C2CCC(C)CC2)cc1OC. The lowest BCUT2D eigenvalue weighted by atomic mass is 9.80. The number of alkyl halides is 1. The normalized spacial score (nSPS) is 24.8. The molecule has 2 rings (SSSR count). The minimum absolute atomic E-state index is 0.0762. The van der Waals surface area contributed by atoms with Gasteiger partial charge in [-0.2, -0.15) is 0 Å². The molecule has 3 heteroatoms. The van der Waals surface area contributed by atoms with Gasteiger partial charge in [0.15, 0.2) is 11.5 Å². The topological polar surface area (TPSA) is 18.5 Å². The zero-order valence-electron chi connectivity index (χ0n) is 12.0. The zero-order chi connectivity index (χ0) is 13.8. The van der Waals surface area contributed by atoms with E-state index < -0.39 is 0 Å². The Morgan fingerprint density at radius 1 is 1.05 bits per heavy atom. The van der Waals surface area contributed by atoms with Gasteiger partial charge in [0, 0.05) is 0 Å². The van der Waals surface area contributed by atoms with E-state index in [1.165, 1.54) is 25.7 Å². The highest BCUT2D eigenvalue weighted by molar-refractivity contribution is 6.21. The van der Waals surface area contributed by atoms with Crippen LogP contribution in [0.15, 0.2) is 18.2 Å². The van der Waals surface area contributed by atoms with Crippen molar-refractivity contribution in [2.75, 3.05) is 14.2 Å². The Morgan fingerprint density at radius 2 is 1.68 bits per heavy atom. The van der Waals surface area contributed by atoms with Crippen LogP contribution in [0.3, 0.4) is 0 Å². The summed E-state index contributed by atoms with van der Waals surface area (Å²) in [4.78, 5) is 0. The van der Waals surface area contributed by atoms with E-state index >= 15 is 0 Å². The van der Waals surface area contributed by atoms with Gasteiger partial charge in [0.25, 0.3) is 0 Å². The van der Waals surface area contributed by atoms with Crippen LogP contribution < -0.4 is 9.47 Å². The molecule has 0 saturated heterocycles. The molecule has 1 saturated carbocycles. The Kier molecular flexibility index (Phi) is 4.98. The summed E-state index contributed by atoms with van der Waals surface area (Å²) < 4.78 is 10.6. The van der Waals surface area contributed by atoms with Crippen molar-refractivity contribution >= 4 is 11.6 Å². The summed E-state index contributed by atoms with van der Waals surface area (Å²) in [5.74, 6) is 2.95. The maximum absolute atomic E-state index is 6.66. The van der Waals surface area contributed by atoms with Crippen LogP contribution >= 0.6 is 11.6 Å². The minimum atomic E-state index is 0.0762. The standard InChI is InChI=1S/C16H23ClO2/c1-11-4-6-12(7-5-11)16(17)13-8-9-14(18-2)15(10-13)19-3/h8-12,16H,4-7H2,1-3H3. The van der Waals surface area contributed by atoms with Crippen molar-refractivity contribution in [2.24, 2.45) is 11.8 Å². The number of hydrogen-bond donors (Lipinski definition) is 0. The summed E-state index contributed by atoms with van der Waals surface area (Å²) in [5.41, 5.74) is 1.14. The Morgan fingerprint density at radius 3 is 2.26 bits per heavy atom. The lowest BCUT2D eigenvalue weighted by molar-refractivity contribution is 0.283. The first kappa shape index (κ1) is 14.5. The monoisotopic (exact) mass is 282 g/mol. The van der Waals surface area contributed by atoms with Crippen molar-refractivity contribution in [3.05, 3.63) is 23.8 Å². The van der Waals surface area contributed by atoms with Crippen LogP contribution in [0.1, 0.15) is 43.5 Å². The van der Waals surface area contributed by atoms with Crippen LogP contribution in [-0.2, 0) is 0 Å². The number of ether oxygens (including phenoxy) is 2. The highest BCUT2D eigenvalue weighted by atomic mass is 35.5. The molecule has 19 heavy (non-hydrogen) atoms. The van der Waals surface area contributed by atoms with Gasteiger partial charge in [-0.1, -0.05) is 25.8 Å². The first-order valence-corrected chi connectivity index (χ1v) is 7.45. The average Bonchev–Trinajstić information content (AvgIpc) is 2.46. The van der Waals surface area contributed by atoms with Crippen molar-refractivity contribution in [3.63, 3.8) is 0 Å². The fourth-order valence-electron chi connectivity index (χ4n) is 2.88. The molecule has 0 spiro atoms. The van der Waals surface area contributed by atoms with Crippen LogP contribution in [0.2, 0.25) is 0 Å². The van der Waals surface area contributed by atoms with Gasteiger partial charge in [0.1, 0.15) is 0 Å². The molecule has 0 aromatic heterocycles. The summed E-state index contributed by atoms with van der Waals surface area (Å²) in [6.45, 7) is 2.33. The number of benzene rings is 1. The van der Waals surface area contributed by atoms with Crippen molar-refractivity contribution in [2.45, 2.75) is 38.0 Å². The third-order valence-electron chi connectivity index (χ3n) is 4.20. The Balaban J connectivity index is 2.12. The molecule has 1 aromatic carbocycles. The Bertz CT molecular complexity index is 411. The molecule has 0 radical (unpaired) electrons. The first-order chi connectivity index (χ1) is 9.15. The summed E-state index contributed by atoms with van der Waals surface area (Å²) in [7, 11) is 3.31. The minimum Gasteiger partial charge on any atom is -0.493 e. The molecule has 1 aliphatic rings. The lowest BCUT2D eigenvalue weighted by Gasteiger charge is -2.30. The van der Waals surface area contributed by atoms with Gasteiger partial charge in [0.05, 0.1) is 19.6 Å². The number of halogens is 1. The fourth-order valence-corrected chi connectivity index (χ4v) is 3.26. The van der Waals surface area contributed by atoms with Crippen LogP contribution in [-0.4, -0.2) is 14.2 Å². The van der Waals surface area contributed by atoms with E-state index in [4.69, 9.17) is 21.1 Å². The van der Waals surface area contributed by atoms with Gasteiger partial charge in [-0.25, -0.2) is 0 Å². The summed E-state index contributed by atoms with van der Waals surface area (Å²) >= 11 is 6.66. The second-order valence-electron chi connectivity index (χ2n) is 5.54. The van der Waals surface area contributed by atoms with E-state index in [0.29, 0.717) is 5.92 Å². The molecule has 0 N–H and O–H groups in total. The van der Waals surface area contributed by atoms with Gasteiger partial charge in [-0.05, 0) is 42.4 Å². The molecule has 1 aromatic rings. The summed E-state index contributed by atoms with van der Waals surface area (Å²) in [5, 5.41) is 0.0762. The fraction of sp³-hybridized carbons (Fsp3) is 0.625. The molecular formula is C16H23ClO2. The highest BCUT2D eigenvalue weighted by Crippen LogP contribution is 2.42. The molecule has 1 fully saturated rings. The van der Waals surface area contributed by atoms with Gasteiger partial charge < -0.3 is 9.47 Å². The van der Waals surface area contributed by atoms with Crippen LogP contribution in [0.5, 0.6) is 11.5 Å². The molecule has 0 heterocycles. The van der Waals surface area contributed by atoms with Crippen molar-refractivity contribution in [1.29, 1.82) is 0 Å². The number of methoxy groups -OCH3 is 2. The summed E-state index contributed by atoms with van der Waals surface area (Å²) in [6, 6.07) is 6.00. The highest BCUT2D eigenvalue weighted by Gasteiger charge is 2.26. The predicted molar refractivity (Wildman–Crippen MR) is 79.3 cm³/mol. The molecule has 0 amide bonds. The van der Waals surface area contributed by atoms with E-state index in [0.717, 1.165) is 23.0 Å².